The second-order valence-corrected chi connectivity index (χ2v) is 6.71. The third-order valence-corrected chi connectivity index (χ3v) is 5.35. The average Bonchev–Trinajstić information content (AvgIpc) is 2.48. The average molecular weight is 284 g/mol. The van der Waals surface area contributed by atoms with E-state index in [1.54, 1.807) is 54.6 Å². The SMILES string of the molecule is O=P(O)(c1ccccc1)c1ccc(O)c2ccccc12. The zero-order valence-electron chi connectivity index (χ0n) is 10.6. The quantitative estimate of drug-likeness (QED) is 0.711. The Labute approximate surface area is 116 Å². The molecule has 0 aromatic heterocycles. The molecule has 100 valence electrons. The summed E-state index contributed by atoms with van der Waals surface area (Å²) in [7, 11) is -3.67. The Morgan fingerprint density at radius 3 is 2.05 bits per heavy atom. The van der Waals surface area contributed by atoms with Crippen LogP contribution < -0.4 is 10.6 Å². The molecule has 0 bridgehead atoms. The number of hydrogen-bond acceptors (Lipinski definition) is 2. The maximum absolute atomic E-state index is 12.8. The summed E-state index contributed by atoms with van der Waals surface area (Å²) in [5.41, 5.74) is 0. The van der Waals surface area contributed by atoms with Gasteiger partial charge in [0.05, 0.1) is 0 Å². The minimum Gasteiger partial charge on any atom is -0.507 e. The predicted molar refractivity (Wildman–Crippen MR) is 81.1 cm³/mol. The van der Waals surface area contributed by atoms with E-state index >= 15 is 0 Å². The first kappa shape index (κ1) is 12.9. The van der Waals surface area contributed by atoms with E-state index in [-0.39, 0.29) is 5.75 Å². The summed E-state index contributed by atoms with van der Waals surface area (Å²) in [6.45, 7) is 0. The fourth-order valence-corrected chi connectivity index (χ4v) is 3.95. The van der Waals surface area contributed by atoms with E-state index in [0.717, 1.165) is 0 Å². The normalized spacial score (nSPS) is 14.1. The molecule has 4 heteroatoms. The van der Waals surface area contributed by atoms with Crippen LogP contribution in [0.5, 0.6) is 5.75 Å². The molecule has 0 heterocycles. The van der Waals surface area contributed by atoms with Crippen molar-refractivity contribution in [2.24, 2.45) is 0 Å². The van der Waals surface area contributed by atoms with Gasteiger partial charge in [0, 0.05) is 16.0 Å². The Morgan fingerprint density at radius 2 is 1.35 bits per heavy atom. The van der Waals surface area contributed by atoms with Crippen LogP contribution in [0.4, 0.5) is 0 Å². The molecule has 3 rings (SSSR count). The molecular formula is C16H13O3P. The van der Waals surface area contributed by atoms with Gasteiger partial charge < -0.3 is 10.00 Å². The number of phenolic OH excluding ortho intramolecular Hbond substituents is 1. The molecule has 0 saturated heterocycles. The zero-order chi connectivity index (χ0) is 14.2. The Morgan fingerprint density at radius 1 is 0.750 bits per heavy atom. The number of hydrogen-bond donors (Lipinski definition) is 2. The van der Waals surface area contributed by atoms with Crippen LogP contribution in [0.2, 0.25) is 0 Å². The van der Waals surface area contributed by atoms with E-state index in [2.05, 4.69) is 0 Å². The number of rotatable bonds is 2. The van der Waals surface area contributed by atoms with Crippen LogP contribution in [0.1, 0.15) is 0 Å². The number of benzene rings is 3. The van der Waals surface area contributed by atoms with Gasteiger partial charge >= 0.3 is 0 Å². The van der Waals surface area contributed by atoms with Crippen molar-refractivity contribution in [1.29, 1.82) is 0 Å². The van der Waals surface area contributed by atoms with Crippen molar-refractivity contribution in [3.63, 3.8) is 0 Å². The molecule has 0 aliphatic heterocycles. The molecule has 3 aromatic carbocycles. The van der Waals surface area contributed by atoms with Crippen LogP contribution in [0.25, 0.3) is 10.8 Å². The number of aromatic hydroxyl groups is 1. The largest absolute Gasteiger partial charge is 0.507 e. The lowest BCUT2D eigenvalue weighted by atomic mass is 10.1. The lowest BCUT2D eigenvalue weighted by molar-refractivity contribution is 0.481. The molecule has 0 saturated carbocycles. The minimum absolute atomic E-state index is 0.109. The van der Waals surface area contributed by atoms with E-state index in [9.17, 15) is 14.6 Å². The Bertz CT molecular complexity index is 812. The molecule has 1 atom stereocenters. The highest BCUT2D eigenvalue weighted by molar-refractivity contribution is 7.74. The van der Waals surface area contributed by atoms with Gasteiger partial charge in [-0.1, -0.05) is 42.5 Å². The lowest BCUT2D eigenvalue weighted by Gasteiger charge is -2.15. The second-order valence-electron chi connectivity index (χ2n) is 4.56. The first-order valence-electron chi connectivity index (χ1n) is 6.20. The third kappa shape index (κ3) is 2.01. The summed E-state index contributed by atoms with van der Waals surface area (Å²) in [5.74, 6) is 0.109. The summed E-state index contributed by atoms with van der Waals surface area (Å²) >= 11 is 0. The van der Waals surface area contributed by atoms with Crippen molar-refractivity contribution >= 4 is 28.8 Å². The standard InChI is InChI=1S/C16H13O3P/c17-15-10-11-16(14-9-5-4-8-13(14)15)20(18,19)12-6-2-1-3-7-12/h1-11,17H,(H,18,19). The first-order chi connectivity index (χ1) is 9.60. The van der Waals surface area contributed by atoms with Crippen LogP contribution in [0.3, 0.4) is 0 Å². The first-order valence-corrected chi connectivity index (χ1v) is 7.86. The highest BCUT2D eigenvalue weighted by Crippen LogP contribution is 2.41. The molecular weight excluding hydrogens is 271 g/mol. The number of fused-ring (bicyclic) bond motifs is 1. The molecule has 0 aliphatic rings. The van der Waals surface area contributed by atoms with Crippen molar-refractivity contribution in [2.75, 3.05) is 0 Å². The third-order valence-electron chi connectivity index (χ3n) is 3.31. The Balaban J connectivity index is 2.30. The molecule has 0 aliphatic carbocycles. The van der Waals surface area contributed by atoms with Gasteiger partial charge in [-0.3, -0.25) is 4.57 Å². The number of phenols is 1. The summed E-state index contributed by atoms with van der Waals surface area (Å²) in [4.78, 5) is 10.5. The van der Waals surface area contributed by atoms with Crippen LogP contribution in [0.15, 0.2) is 66.7 Å². The molecule has 2 N–H and O–H groups in total. The lowest BCUT2D eigenvalue weighted by Crippen LogP contribution is -2.16. The Kier molecular flexibility index (Phi) is 3.09. The van der Waals surface area contributed by atoms with Crippen molar-refractivity contribution in [1.82, 2.24) is 0 Å². The van der Waals surface area contributed by atoms with Gasteiger partial charge in [-0.05, 0) is 29.7 Å². The monoisotopic (exact) mass is 284 g/mol. The van der Waals surface area contributed by atoms with Gasteiger partial charge in [0.2, 0.25) is 0 Å². The van der Waals surface area contributed by atoms with Crippen molar-refractivity contribution < 1.29 is 14.6 Å². The van der Waals surface area contributed by atoms with Crippen LogP contribution in [0, 0.1) is 0 Å². The molecule has 1 unspecified atom stereocenters. The van der Waals surface area contributed by atoms with Gasteiger partial charge in [-0.25, -0.2) is 0 Å². The van der Waals surface area contributed by atoms with Crippen LogP contribution in [-0.4, -0.2) is 10.00 Å². The van der Waals surface area contributed by atoms with E-state index in [1.165, 1.54) is 12.1 Å². The maximum atomic E-state index is 12.8. The predicted octanol–water partition coefficient (Wildman–Crippen LogP) is 2.77. The minimum atomic E-state index is -3.67. The van der Waals surface area contributed by atoms with E-state index < -0.39 is 7.37 Å². The van der Waals surface area contributed by atoms with Crippen LogP contribution >= 0.6 is 7.37 Å². The van der Waals surface area contributed by atoms with Gasteiger partial charge in [0.25, 0.3) is 7.37 Å². The second kappa shape index (κ2) is 4.78. The molecule has 20 heavy (non-hydrogen) atoms. The van der Waals surface area contributed by atoms with Gasteiger partial charge in [0.15, 0.2) is 0 Å². The van der Waals surface area contributed by atoms with Crippen molar-refractivity contribution in [3.8, 4) is 5.75 Å². The highest BCUT2D eigenvalue weighted by atomic mass is 31.2. The summed E-state index contributed by atoms with van der Waals surface area (Å²) in [6, 6.07) is 18.6. The maximum Gasteiger partial charge on any atom is 0.259 e. The van der Waals surface area contributed by atoms with Crippen molar-refractivity contribution in [2.45, 2.75) is 0 Å². The fourth-order valence-electron chi connectivity index (χ4n) is 2.30. The summed E-state index contributed by atoms with van der Waals surface area (Å²) < 4.78 is 12.8. The van der Waals surface area contributed by atoms with Crippen molar-refractivity contribution in [3.05, 3.63) is 66.7 Å². The van der Waals surface area contributed by atoms with E-state index in [0.29, 0.717) is 21.4 Å². The summed E-state index contributed by atoms with van der Waals surface area (Å²) in [5, 5.41) is 11.8. The molecule has 0 fully saturated rings. The van der Waals surface area contributed by atoms with Gasteiger partial charge in [-0.2, -0.15) is 0 Å². The molecule has 0 amide bonds. The van der Waals surface area contributed by atoms with Gasteiger partial charge in [0.1, 0.15) is 5.75 Å². The highest BCUT2D eigenvalue weighted by Gasteiger charge is 2.26. The summed E-state index contributed by atoms with van der Waals surface area (Å²) in [6.07, 6.45) is 0. The van der Waals surface area contributed by atoms with E-state index in [1.807, 2.05) is 0 Å². The van der Waals surface area contributed by atoms with E-state index in [4.69, 9.17) is 0 Å². The Hall–Kier alpha value is -2.09. The topological polar surface area (TPSA) is 57.5 Å². The fraction of sp³-hybridized carbons (Fsp3) is 0. The molecule has 3 nitrogen and oxygen atoms in total. The molecule has 3 aromatic rings. The molecule has 0 radical (unpaired) electrons. The smallest absolute Gasteiger partial charge is 0.259 e. The van der Waals surface area contributed by atoms with Gasteiger partial charge in [-0.15, -0.1) is 0 Å². The zero-order valence-corrected chi connectivity index (χ0v) is 11.5. The van der Waals surface area contributed by atoms with Crippen LogP contribution in [-0.2, 0) is 4.57 Å². The molecule has 0 spiro atoms.